The highest BCUT2D eigenvalue weighted by Crippen LogP contribution is 2.32. The van der Waals surface area contributed by atoms with Gasteiger partial charge in [-0.15, -0.1) is 0 Å². The van der Waals surface area contributed by atoms with Crippen LogP contribution in [0, 0.1) is 0 Å². The molecule has 1 aromatic heterocycles. The van der Waals surface area contributed by atoms with Gasteiger partial charge >= 0.3 is 12.3 Å². The fourth-order valence-electron chi connectivity index (χ4n) is 4.73. The maximum Gasteiger partial charge on any atom is 0.416 e. The normalized spacial score (nSPS) is 18.0. The quantitative estimate of drug-likeness (QED) is 0.246. The number of anilines is 1. The molecule has 1 saturated heterocycles. The van der Waals surface area contributed by atoms with Gasteiger partial charge in [-0.1, -0.05) is 26.0 Å². The van der Waals surface area contributed by atoms with Gasteiger partial charge in [-0.3, -0.25) is 4.79 Å². The molecule has 4 rings (SSSR count). The van der Waals surface area contributed by atoms with Crippen LogP contribution in [0.5, 0.6) is 5.75 Å². The first kappa shape index (κ1) is 35.0. The van der Waals surface area contributed by atoms with Crippen LogP contribution in [-0.2, 0) is 20.8 Å². The van der Waals surface area contributed by atoms with Crippen molar-refractivity contribution in [1.82, 2.24) is 15.3 Å². The predicted octanol–water partition coefficient (Wildman–Crippen LogP) is 4.80. The van der Waals surface area contributed by atoms with Gasteiger partial charge in [-0.2, -0.15) is 22.0 Å². The van der Waals surface area contributed by atoms with Gasteiger partial charge in [0, 0.05) is 25.2 Å². The molecule has 1 aliphatic heterocycles. The zero-order valence-electron chi connectivity index (χ0n) is 24.9. The van der Waals surface area contributed by atoms with Gasteiger partial charge in [-0.25, -0.2) is 18.4 Å². The monoisotopic (exact) mass is 672 g/mol. The molecular formula is C30H33F5N4O6S. The van der Waals surface area contributed by atoms with Crippen LogP contribution in [0.4, 0.5) is 27.9 Å². The van der Waals surface area contributed by atoms with Crippen molar-refractivity contribution >= 4 is 21.7 Å². The SMILES string of the molecule is CCC(F)(F)OC[C@@H]1C[C@H](Oc2ccc(C(F)(F)F)cc2)CN1c1ncc(C(=O)N[C@@H](CO)c2ccc(S(=O)(=O)CC)cc2)cn1. The number of hydrogen-bond acceptors (Lipinski definition) is 9. The molecule has 46 heavy (non-hydrogen) atoms. The Morgan fingerprint density at radius 2 is 1.67 bits per heavy atom. The van der Waals surface area contributed by atoms with Crippen LogP contribution < -0.4 is 15.0 Å². The molecule has 2 aromatic carbocycles. The van der Waals surface area contributed by atoms with Gasteiger partial charge in [0.05, 0.1) is 53.6 Å². The summed E-state index contributed by atoms with van der Waals surface area (Å²) in [5.74, 6) is -0.476. The van der Waals surface area contributed by atoms with Crippen LogP contribution in [0.15, 0.2) is 65.8 Å². The fourth-order valence-corrected chi connectivity index (χ4v) is 5.62. The van der Waals surface area contributed by atoms with E-state index in [9.17, 15) is 40.3 Å². The third-order valence-electron chi connectivity index (χ3n) is 7.43. The third kappa shape index (κ3) is 8.67. The van der Waals surface area contributed by atoms with Crippen molar-refractivity contribution in [2.24, 2.45) is 0 Å². The second kappa shape index (κ2) is 14.3. The van der Waals surface area contributed by atoms with Gasteiger partial charge in [-0.05, 0) is 42.0 Å². The maximum absolute atomic E-state index is 13.9. The molecule has 0 radical (unpaired) electrons. The van der Waals surface area contributed by atoms with Crippen molar-refractivity contribution in [2.45, 2.75) is 62.1 Å². The van der Waals surface area contributed by atoms with Gasteiger partial charge in [0.25, 0.3) is 5.91 Å². The lowest BCUT2D eigenvalue weighted by Gasteiger charge is -2.26. The van der Waals surface area contributed by atoms with Crippen LogP contribution in [0.25, 0.3) is 0 Å². The number of ether oxygens (including phenoxy) is 2. The summed E-state index contributed by atoms with van der Waals surface area (Å²) in [5.41, 5.74) is -0.357. The summed E-state index contributed by atoms with van der Waals surface area (Å²) < 4.78 is 101. The minimum absolute atomic E-state index is 0.0226. The molecule has 0 saturated carbocycles. The summed E-state index contributed by atoms with van der Waals surface area (Å²) in [4.78, 5) is 23.1. The number of rotatable bonds is 13. The topological polar surface area (TPSA) is 131 Å². The average Bonchev–Trinajstić information content (AvgIpc) is 3.45. The van der Waals surface area contributed by atoms with Crippen molar-refractivity contribution in [3.8, 4) is 5.75 Å². The summed E-state index contributed by atoms with van der Waals surface area (Å²) in [6.45, 7) is 1.97. The van der Waals surface area contributed by atoms with Gasteiger partial charge in [0.15, 0.2) is 9.84 Å². The number of carbonyl (C=O) groups is 1. The molecule has 1 aliphatic rings. The third-order valence-corrected chi connectivity index (χ3v) is 9.18. The number of nitrogens with zero attached hydrogens (tertiary/aromatic N) is 3. The molecule has 1 amide bonds. The van der Waals surface area contributed by atoms with Crippen molar-refractivity contribution in [2.75, 3.05) is 30.4 Å². The second-order valence-electron chi connectivity index (χ2n) is 10.6. The number of benzene rings is 2. The van der Waals surface area contributed by atoms with Gasteiger partial charge < -0.3 is 24.8 Å². The Bertz CT molecular complexity index is 1570. The highest BCUT2D eigenvalue weighted by molar-refractivity contribution is 7.91. The Morgan fingerprint density at radius 1 is 1.04 bits per heavy atom. The Balaban J connectivity index is 1.46. The predicted molar refractivity (Wildman–Crippen MR) is 156 cm³/mol. The largest absolute Gasteiger partial charge is 0.489 e. The summed E-state index contributed by atoms with van der Waals surface area (Å²) in [6.07, 6.45) is -6.48. The number of aliphatic hydroxyl groups is 1. The van der Waals surface area contributed by atoms with E-state index in [-0.39, 0.29) is 40.9 Å². The smallest absolute Gasteiger partial charge is 0.416 e. The molecule has 10 nitrogen and oxygen atoms in total. The van der Waals surface area contributed by atoms with E-state index in [1.54, 1.807) is 4.90 Å². The van der Waals surface area contributed by atoms with E-state index in [1.807, 2.05) is 0 Å². The number of alkyl halides is 5. The first-order chi connectivity index (χ1) is 21.7. The molecule has 3 atom stereocenters. The van der Waals surface area contributed by atoms with Crippen LogP contribution in [0.1, 0.15) is 54.2 Å². The van der Waals surface area contributed by atoms with Crippen LogP contribution in [-0.4, -0.2) is 73.2 Å². The Kier molecular flexibility index (Phi) is 10.8. The lowest BCUT2D eigenvalue weighted by molar-refractivity contribution is -0.241. The molecule has 3 aromatic rings. The van der Waals surface area contributed by atoms with Crippen molar-refractivity contribution in [3.05, 3.63) is 77.6 Å². The number of sulfone groups is 1. The van der Waals surface area contributed by atoms with Crippen LogP contribution in [0.2, 0.25) is 0 Å². The summed E-state index contributed by atoms with van der Waals surface area (Å²) in [6, 6.07) is 8.32. The zero-order valence-corrected chi connectivity index (χ0v) is 25.7. The lowest BCUT2D eigenvalue weighted by Crippen LogP contribution is -2.37. The zero-order chi connectivity index (χ0) is 33.7. The fraction of sp³-hybridized carbons (Fsp3) is 0.433. The van der Waals surface area contributed by atoms with Crippen molar-refractivity contribution in [3.63, 3.8) is 0 Å². The van der Waals surface area contributed by atoms with Crippen LogP contribution in [0.3, 0.4) is 0 Å². The van der Waals surface area contributed by atoms with E-state index in [0.717, 1.165) is 12.1 Å². The highest BCUT2D eigenvalue weighted by Gasteiger charge is 2.38. The summed E-state index contributed by atoms with van der Waals surface area (Å²) in [5, 5.41) is 12.5. The van der Waals surface area contributed by atoms with Gasteiger partial charge in [0.1, 0.15) is 11.9 Å². The number of aromatic nitrogens is 2. The molecule has 0 spiro atoms. The van der Waals surface area contributed by atoms with E-state index < -0.39 is 71.4 Å². The first-order valence-electron chi connectivity index (χ1n) is 14.3. The minimum atomic E-state index is -4.51. The van der Waals surface area contributed by atoms with Crippen molar-refractivity contribution in [1.29, 1.82) is 0 Å². The molecule has 0 unspecified atom stereocenters. The highest BCUT2D eigenvalue weighted by atomic mass is 32.2. The number of nitrogens with one attached hydrogen (secondary N) is 1. The molecule has 2 heterocycles. The van der Waals surface area contributed by atoms with E-state index in [2.05, 4.69) is 15.3 Å². The Hall–Kier alpha value is -3.89. The molecule has 16 heteroatoms. The molecular weight excluding hydrogens is 639 g/mol. The maximum atomic E-state index is 13.9. The summed E-state index contributed by atoms with van der Waals surface area (Å²) >= 11 is 0. The molecule has 2 N–H and O–H groups in total. The van der Waals surface area contributed by atoms with E-state index in [4.69, 9.17) is 9.47 Å². The minimum Gasteiger partial charge on any atom is -0.489 e. The van der Waals surface area contributed by atoms with Gasteiger partial charge in [0.2, 0.25) is 5.95 Å². The summed E-state index contributed by atoms with van der Waals surface area (Å²) in [7, 11) is -3.43. The van der Waals surface area contributed by atoms with Crippen LogP contribution >= 0.6 is 0 Å². The standard InChI is InChI=1S/C30H33F5N4O6S/c1-3-29(31,32)44-18-22-13-24(45-23-9-7-21(8-10-23)30(33,34)35)16-39(22)28-36-14-20(15-37-28)27(41)38-26(17-40)19-5-11-25(12-6-19)46(42,43)4-2/h5-12,14-15,22,24,26,40H,3-4,13,16-18H2,1-2H3,(H,38,41)/t22-,24-,26-/m0/s1. The molecule has 0 aliphatic carbocycles. The lowest BCUT2D eigenvalue weighted by atomic mass is 10.1. The Morgan fingerprint density at radius 3 is 2.22 bits per heavy atom. The first-order valence-corrected chi connectivity index (χ1v) is 16.0. The number of aliphatic hydroxyl groups excluding tert-OH is 1. The molecule has 250 valence electrons. The number of carbonyl (C=O) groups excluding carboxylic acids is 1. The number of hydrogen-bond donors (Lipinski definition) is 2. The number of halogens is 5. The number of amides is 1. The average molecular weight is 673 g/mol. The Labute approximate surface area is 262 Å². The van der Waals surface area contributed by atoms with E-state index in [1.165, 1.54) is 62.6 Å². The molecule has 1 fully saturated rings. The van der Waals surface area contributed by atoms with E-state index >= 15 is 0 Å². The second-order valence-corrected chi connectivity index (χ2v) is 12.8. The van der Waals surface area contributed by atoms with E-state index in [0.29, 0.717) is 5.56 Å². The molecule has 0 bridgehead atoms. The van der Waals surface area contributed by atoms with Crippen molar-refractivity contribution < 1.29 is 49.7 Å².